The highest BCUT2D eigenvalue weighted by molar-refractivity contribution is 7.99. The first-order valence-electron chi connectivity index (χ1n) is 8.55. The van der Waals surface area contributed by atoms with E-state index in [4.69, 9.17) is 0 Å². The van der Waals surface area contributed by atoms with Gasteiger partial charge in [0, 0.05) is 23.8 Å². The van der Waals surface area contributed by atoms with Crippen LogP contribution in [0.25, 0.3) is 0 Å². The van der Waals surface area contributed by atoms with Gasteiger partial charge in [-0.25, -0.2) is 9.89 Å². The van der Waals surface area contributed by atoms with Crippen LogP contribution < -0.4 is 16.3 Å². The molecule has 0 atom stereocenters. The lowest BCUT2D eigenvalue weighted by Gasteiger charge is -2.08. The summed E-state index contributed by atoms with van der Waals surface area (Å²) in [6.07, 6.45) is 2.85. The zero-order chi connectivity index (χ0) is 18.5. The Kier molecular flexibility index (Phi) is 5.77. The van der Waals surface area contributed by atoms with E-state index in [0.29, 0.717) is 23.0 Å². The summed E-state index contributed by atoms with van der Waals surface area (Å²) in [6.45, 7) is 2.52. The molecule has 26 heavy (non-hydrogen) atoms. The molecule has 1 heterocycles. The standard InChI is InChI=1S/C17H21N5O3S/c1-2-8-22-16(25)20-21-17(22)26-10-14(23)18-13-5-3-4-11(9-13)15(24)19-12-6-7-12/h3-5,9,12H,2,6-8,10H2,1H3,(H,18,23)(H,19,24)(H,20,25). The van der Waals surface area contributed by atoms with Gasteiger partial charge < -0.3 is 10.6 Å². The van der Waals surface area contributed by atoms with Crippen LogP contribution in [0.3, 0.4) is 0 Å². The van der Waals surface area contributed by atoms with E-state index in [9.17, 15) is 14.4 Å². The molecular formula is C17H21N5O3S. The lowest BCUT2D eigenvalue weighted by Crippen LogP contribution is -2.25. The minimum absolute atomic E-state index is 0.118. The molecule has 1 aliphatic rings. The van der Waals surface area contributed by atoms with Gasteiger partial charge in [-0.3, -0.25) is 14.2 Å². The number of nitrogens with zero attached hydrogens (tertiary/aromatic N) is 2. The molecule has 0 aliphatic heterocycles. The Labute approximate surface area is 154 Å². The Hall–Kier alpha value is -2.55. The van der Waals surface area contributed by atoms with Gasteiger partial charge in [0.25, 0.3) is 5.91 Å². The molecular weight excluding hydrogens is 354 g/mol. The molecule has 2 amide bonds. The number of thioether (sulfide) groups is 1. The molecule has 0 spiro atoms. The summed E-state index contributed by atoms with van der Waals surface area (Å²) in [6, 6.07) is 7.12. The van der Waals surface area contributed by atoms with Crippen LogP contribution in [0.4, 0.5) is 5.69 Å². The highest BCUT2D eigenvalue weighted by atomic mass is 32.2. The predicted octanol–water partition coefficient (Wildman–Crippen LogP) is 1.60. The zero-order valence-electron chi connectivity index (χ0n) is 14.4. The maximum atomic E-state index is 12.2. The fourth-order valence-corrected chi connectivity index (χ4v) is 3.17. The van der Waals surface area contributed by atoms with Gasteiger partial charge >= 0.3 is 5.69 Å². The fourth-order valence-electron chi connectivity index (χ4n) is 2.40. The SMILES string of the molecule is CCCn1c(SCC(=O)Nc2cccc(C(=O)NC3CC3)c2)n[nH]c1=O. The Morgan fingerprint density at radius 2 is 2.19 bits per heavy atom. The van der Waals surface area contributed by atoms with E-state index >= 15 is 0 Å². The molecule has 9 heteroatoms. The first kappa shape index (κ1) is 18.2. The van der Waals surface area contributed by atoms with E-state index in [0.717, 1.165) is 19.3 Å². The molecule has 1 fully saturated rings. The number of anilines is 1. The summed E-state index contributed by atoms with van der Waals surface area (Å²) in [7, 11) is 0. The molecule has 1 aromatic carbocycles. The van der Waals surface area contributed by atoms with Crippen molar-refractivity contribution in [1.82, 2.24) is 20.1 Å². The van der Waals surface area contributed by atoms with Crippen molar-refractivity contribution in [3.8, 4) is 0 Å². The van der Waals surface area contributed by atoms with Gasteiger partial charge in [-0.15, -0.1) is 5.10 Å². The van der Waals surface area contributed by atoms with Crippen molar-refractivity contribution >= 4 is 29.3 Å². The third-order valence-electron chi connectivity index (χ3n) is 3.82. The molecule has 1 aromatic heterocycles. The maximum Gasteiger partial charge on any atom is 0.343 e. The highest BCUT2D eigenvalue weighted by Gasteiger charge is 2.23. The summed E-state index contributed by atoms with van der Waals surface area (Å²) >= 11 is 1.19. The number of nitrogens with one attached hydrogen (secondary N) is 3. The number of hydrogen-bond acceptors (Lipinski definition) is 5. The number of aromatic amines is 1. The molecule has 0 radical (unpaired) electrons. The van der Waals surface area contributed by atoms with Crippen molar-refractivity contribution in [2.45, 2.75) is 43.9 Å². The number of hydrogen-bond donors (Lipinski definition) is 3. The molecule has 2 aromatic rings. The van der Waals surface area contributed by atoms with Gasteiger partial charge in [0.1, 0.15) is 0 Å². The van der Waals surface area contributed by atoms with Crippen LogP contribution in [0, 0.1) is 0 Å². The van der Waals surface area contributed by atoms with Crippen molar-refractivity contribution in [1.29, 1.82) is 0 Å². The summed E-state index contributed by atoms with van der Waals surface area (Å²) < 4.78 is 1.51. The second-order valence-electron chi connectivity index (χ2n) is 6.13. The molecule has 0 bridgehead atoms. The number of aromatic nitrogens is 3. The smallest absolute Gasteiger partial charge is 0.343 e. The summed E-state index contributed by atoms with van der Waals surface area (Å²) in [5.74, 6) is -0.238. The van der Waals surface area contributed by atoms with Gasteiger partial charge in [-0.1, -0.05) is 24.8 Å². The van der Waals surface area contributed by atoms with E-state index in [-0.39, 0.29) is 29.3 Å². The minimum atomic E-state index is -0.274. The molecule has 1 aliphatic carbocycles. The molecule has 0 unspecified atom stereocenters. The van der Waals surface area contributed by atoms with Crippen LogP contribution in [0.15, 0.2) is 34.2 Å². The van der Waals surface area contributed by atoms with E-state index in [1.54, 1.807) is 24.3 Å². The third-order valence-corrected chi connectivity index (χ3v) is 4.80. The van der Waals surface area contributed by atoms with Crippen LogP contribution in [-0.4, -0.2) is 38.4 Å². The Bertz CT molecular complexity index is 856. The number of amides is 2. The predicted molar refractivity (Wildman–Crippen MR) is 99.4 cm³/mol. The topological polar surface area (TPSA) is 109 Å². The average molecular weight is 375 g/mol. The van der Waals surface area contributed by atoms with Crippen molar-refractivity contribution < 1.29 is 9.59 Å². The Balaban J connectivity index is 1.56. The van der Waals surface area contributed by atoms with Gasteiger partial charge in [0.2, 0.25) is 5.91 Å². The van der Waals surface area contributed by atoms with Crippen molar-refractivity contribution in [2.24, 2.45) is 0 Å². The lowest BCUT2D eigenvalue weighted by atomic mass is 10.2. The normalized spacial score (nSPS) is 13.4. The van der Waals surface area contributed by atoms with Crippen LogP contribution in [0.2, 0.25) is 0 Å². The zero-order valence-corrected chi connectivity index (χ0v) is 15.3. The van der Waals surface area contributed by atoms with E-state index in [1.807, 2.05) is 6.92 Å². The average Bonchev–Trinajstić information content (AvgIpc) is 3.37. The minimum Gasteiger partial charge on any atom is -0.349 e. The fraction of sp³-hybridized carbons (Fsp3) is 0.412. The number of rotatable bonds is 8. The molecule has 0 saturated heterocycles. The molecule has 8 nitrogen and oxygen atoms in total. The monoisotopic (exact) mass is 375 g/mol. The van der Waals surface area contributed by atoms with Crippen molar-refractivity contribution in [3.05, 3.63) is 40.3 Å². The lowest BCUT2D eigenvalue weighted by molar-refractivity contribution is -0.113. The number of benzene rings is 1. The van der Waals surface area contributed by atoms with Gasteiger partial charge in [0.05, 0.1) is 5.75 Å². The van der Waals surface area contributed by atoms with Gasteiger partial charge in [0.15, 0.2) is 5.16 Å². The largest absolute Gasteiger partial charge is 0.349 e. The van der Waals surface area contributed by atoms with Crippen LogP contribution >= 0.6 is 11.8 Å². The highest BCUT2D eigenvalue weighted by Crippen LogP contribution is 2.20. The molecule has 1 saturated carbocycles. The number of carbonyl (C=O) groups is 2. The number of H-pyrrole nitrogens is 1. The van der Waals surface area contributed by atoms with E-state index < -0.39 is 0 Å². The Morgan fingerprint density at radius 1 is 1.38 bits per heavy atom. The van der Waals surface area contributed by atoms with Crippen LogP contribution in [-0.2, 0) is 11.3 Å². The Morgan fingerprint density at radius 3 is 2.92 bits per heavy atom. The maximum absolute atomic E-state index is 12.2. The second-order valence-corrected chi connectivity index (χ2v) is 7.07. The molecule has 3 N–H and O–H groups in total. The van der Waals surface area contributed by atoms with Crippen LogP contribution in [0.5, 0.6) is 0 Å². The number of carbonyl (C=O) groups excluding carboxylic acids is 2. The summed E-state index contributed by atoms with van der Waals surface area (Å²) in [4.78, 5) is 35.9. The summed E-state index contributed by atoms with van der Waals surface area (Å²) in [5.41, 5.74) is 0.808. The first-order valence-corrected chi connectivity index (χ1v) is 9.54. The quantitative estimate of drug-likeness (QED) is 0.607. The second kappa shape index (κ2) is 8.22. The van der Waals surface area contributed by atoms with E-state index in [2.05, 4.69) is 20.8 Å². The van der Waals surface area contributed by atoms with Crippen molar-refractivity contribution in [2.75, 3.05) is 11.1 Å². The van der Waals surface area contributed by atoms with Crippen molar-refractivity contribution in [3.63, 3.8) is 0 Å². The van der Waals surface area contributed by atoms with E-state index in [1.165, 1.54) is 16.3 Å². The molecule has 3 rings (SSSR count). The third kappa shape index (κ3) is 4.75. The van der Waals surface area contributed by atoms with Crippen LogP contribution in [0.1, 0.15) is 36.5 Å². The van der Waals surface area contributed by atoms with Gasteiger partial charge in [-0.05, 0) is 37.5 Å². The first-order chi connectivity index (χ1) is 12.6. The van der Waals surface area contributed by atoms with Gasteiger partial charge in [-0.2, -0.15) is 0 Å². The summed E-state index contributed by atoms with van der Waals surface area (Å²) in [5, 5.41) is 12.5. The molecule has 138 valence electrons.